The SMILES string of the molecule is CCCCn1nc(C)c(/C=C/C(=O)Nc2ccccc2OCCn2ccnc2)c1Cl. The molecule has 0 saturated heterocycles. The predicted octanol–water partition coefficient (Wildman–Crippen LogP) is 4.57. The summed E-state index contributed by atoms with van der Waals surface area (Å²) < 4.78 is 9.54. The third-order valence-electron chi connectivity index (χ3n) is 4.55. The number of carbonyl (C=O) groups excluding carboxylic acids is 1. The van der Waals surface area contributed by atoms with Gasteiger partial charge >= 0.3 is 0 Å². The van der Waals surface area contributed by atoms with Gasteiger partial charge in [-0.2, -0.15) is 5.10 Å². The lowest BCUT2D eigenvalue weighted by Gasteiger charge is -2.11. The third-order valence-corrected chi connectivity index (χ3v) is 4.94. The van der Waals surface area contributed by atoms with E-state index in [2.05, 4.69) is 22.3 Å². The average molecular weight is 428 g/mol. The molecule has 1 aromatic carbocycles. The number of anilines is 1. The number of aromatic nitrogens is 4. The van der Waals surface area contributed by atoms with Crippen LogP contribution in [0.25, 0.3) is 6.08 Å². The van der Waals surface area contributed by atoms with Gasteiger partial charge in [-0.05, 0) is 31.6 Å². The van der Waals surface area contributed by atoms with E-state index in [1.165, 1.54) is 6.08 Å². The Bertz CT molecular complexity index is 995. The molecule has 3 aromatic rings. The normalized spacial score (nSPS) is 11.2. The van der Waals surface area contributed by atoms with E-state index in [1.54, 1.807) is 29.3 Å². The molecule has 0 radical (unpaired) electrons. The summed E-state index contributed by atoms with van der Waals surface area (Å²) in [6.07, 6.45) is 10.6. The summed E-state index contributed by atoms with van der Waals surface area (Å²) in [5.41, 5.74) is 2.16. The molecule has 2 aromatic heterocycles. The van der Waals surface area contributed by atoms with Crippen LogP contribution in [0, 0.1) is 6.92 Å². The molecule has 0 aliphatic rings. The molecule has 7 nitrogen and oxygen atoms in total. The molecule has 1 amide bonds. The number of ether oxygens (including phenoxy) is 1. The average Bonchev–Trinajstić information content (AvgIpc) is 3.34. The van der Waals surface area contributed by atoms with Crippen molar-refractivity contribution in [1.29, 1.82) is 0 Å². The second kappa shape index (κ2) is 10.6. The molecule has 0 bridgehead atoms. The van der Waals surface area contributed by atoms with Crippen LogP contribution in [0.3, 0.4) is 0 Å². The Hall–Kier alpha value is -3.06. The summed E-state index contributed by atoms with van der Waals surface area (Å²) in [7, 11) is 0. The second-order valence-electron chi connectivity index (χ2n) is 6.83. The van der Waals surface area contributed by atoms with Crippen molar-refractivity contribution in [2.75, 3.05) is 11.9 Å². The molecule has 0 unspecified atom stereocenters. The van der Waals surface area contributed by atoms with E-state index in [0.717, 1.165) is 30.6 Å². The van der Waals surface area contributed by atoms with Gasteiger partial charge < -0.3 is 14.6 Å². The number of hydrogen-bond donors (Lipinski definition) is 1. The van der Waals surface area contributed by atoms with Crippen LogP contribution in [-0.4, -0.2) is 31.8 Å². The molecule has 2 heterocycles. The highest BCUT2D eigenvalue weighted by atomic mass is 35.5. The smallest absolute Gasteiger partial charge is 0.248 e. The largest absolute Gasteiger partial charge is 0.490 e. The lowest BCUT2D eigenvalue weighted by molar-refractivity contribution is -0.111. The van der Waals surface area contributed by atoms with Crippen molar-refractivity contribution in [2.24, 2.45) is 0 Å². The molecule has 30 heavy (non-hydrogen) atoms. The fourth-order valence-electron chi connectivity index (χ4n) is 2.92. The van der Waals surface area contributed by atoms with Crippen molar-refractivity contribution < 1.29 is 9.53 Å². The Morgan fingerprint density at radius 1 is 1.30 bits per heavy atom. The van der Waals surface area contributed by atoms with Crippen LogP contribution in [-0.2, 0) is 17.9 Å². The van der Waals surface area contributed by atoms with Gasteiger partial charge in [0.15, 0.2) is 0 Å². The maximum atomic E-state index is 12.5. The van der Waals surface area contributed by atoms with Gasteiger partial charge in [0.25, 0.3) is 0 Å². The molecule has 0 aliphatic heterocycles. The van der Waals surface area contributed by atoms with E-state index in [0.29, 0.717) is 29.7 Å². The first kappa shape index (κ1) is 21.6. The van der Waals surface area contributed by atoms with Crippen LogP contribution in [0.4, 0.5) is 5.69 Å². The van der Waals surface area contributed by atoms with E-state index >= 15 is 0 Å². The minimum Gasteiger partial charge on any atom is -0.490 e. The summed E-state index contributed by atoms with van der Waals surface area (Å²) in [4.78, 5) is 16.5. The molecule has 1 N–H and O–H groups in total. The Balaban J connectivity index is 1.61. The number of aryl methyl sites for hydroxylation is 2. The monoisotopic (exact) mass is 427 g/mol. The quantitative estimate of drug-likeness (QED) is 0.481. The zero-order valence-corrected chi connectivity index (χ0v) is 18.0. The predicted molar refractivity (Wildman–Crippen MR) is 119 cm³/mol. The number of nitrogens with zero attached hydrogens (tertiary/aromatic N) is 4. The minimum atomic E-state index is -0.266. The zero-order valence-electron chi connectivity index (χ0n) is 17.2. The number of benzene rings is 1. The molecule has 0 spiro atoms. The first-order valence-corrected chi connectivity index (χ1v) is 10.4. The third kappa shape index (κ3) is 5.73. The fraction of sp³-hybridized carbons (Fsp3) is 0.318. The molecule has 158 valence electrons. The van der Waals surface area contributed by atoms with Gasteiger partial charge in [-0.25, -0.2) is 4.98 Å². The van der Waals surface area contributed by atoms with E-state index in [-0.39, 0.29) is 5.91 Å². The van der Waals surface area contributed by atoms with Crippen molar-refractivity contribution in [1.82, 2.24) is 19.3 Å². The van der Waals surface area contributed by atoms with Crippen LogP contribution < -0.4 is 10.1 Å². The first-order valence-electron chi connectivity index (χ1n) is 9.98. The van der Waals surface area contributed by atoms with Crippen molar-refractivity contribution in [3.8, 4) is 5.75 Å². The van der Waals surface area contributed by atoms with Gasteiger partial charge in [0, 0.05) is 30.6 Å². The van der Waals surface area contributed by atoms with Crippen LogP contribution in [0.1, 0.15) is 31.0 Å². The van der Waals surface area contributed by atoms with E-state index in [9.17, 15) is 4.79 Å². The number of imidazole rings is 1. The Kier molecular flexibility index (Phi) is 7.68. The molecule has 8 heteroatoms. The van der Waals surface area contributed by atoms with E-state index in [4.69, 9.17) is 16.3 Å². The summed E-state index contributed by atoms with van der Waals surface area (Å²) in [6, 6.07) is 7.35. The topological polar surface area (TPSA) is 74.0 Å². The number of amides is 1. The van der Waals surface area contributed by atoms with Gasteiger partial charge in [0.05, 0.1) is 24.3 Å². The highest BCUT2D eigenvalue weighted by Crippen LogP contribution is 2.25. The van der Waals surface area contributed by atoms with Crippen molar-refractivity contribution in [3.63, 3.8) is 0 Å². The van der Waals surface area contributed by atoms with Gasteiger partial charge in [0.1, 0.15) is 17.5 Å². The van der Waals surface area contributed by atoms with Gasteiger partial charge in [-0.3, -0.25) is 9.48 Å². The number of rotatable bonds is 10. The van der Waals surface area contributed by atoms with Crippen LogP contribution >= 0.6 is 11.6 Å². The lowest BCUT2D eigenvalue weighted by Crippen LogP contribution is -2.11. The number of hydrogen-bond acceptors (Lipinski definition) is 4. The van der Waals surface area contributed by atoms with Crippen LogP contribution in [0.2, 0.25) is 5.15 Å². The first-order chi connectivity index (χ1) is 14.6. The molecule has 0 saturated carbocycles. The minimum absolute atomic E-state index is 0.266. The highest BCUT2D eigenvalue weighted by Gasteiger charge is 2.11. The number of carbonyl (C=O) groups is 1. The van der Waals surface area contributed by atoms with Gasteiger partial charge in [0.2, 0.25) is 5.91 Å². The number of para-hydroxylation sites is 2. The summed E-state index contributed by atoms with van der Waals surface area (Å²) in [6.45, 7) is 5.90. The van der Waals surface area contributed by atoms with Gasteiger partial charge in [-0.1, -0.05) is 37.1 Å². The van der Waals surface area contributed by atoms with E-state index < -0.39 is 0 Å². The maximum absolute atomic E-state index is 12.5. The van der Waals surface area contributed by atoms with Crippen molar-refractivity contribution >= 4 is 29.3 Å². The molecular weight excluding hydrogens is 402 g/mol. The fourth-order valence-corrected chi connectivity index (χ4v) is 3.24. The number of halogens is 1. The maximum Gasteiger partial charge on any atom is 0.248 e. The standard InChI is InChI=1S/C22H26ClN5O2/c1-3-4-12-28-22(23)18(17(2)26-28)9-10-21(29)25-19-7-5-6-8-20(19)30-15-14-27-13-11-24-16-27/h5-11,13,16H,3-4,12,14-15H2,1-2H3,(H,25,29)/b10-9+. The highest BCUT2D eigenvalue weighted by molar-refractivity contribution is 6.31. The van der Waals surface area contributed by atoms with E-state index in [1.807, 2.05) is 35.9 Å². The lowest BCUT2D eigenvalue weighted by atomic mass is 10.2. The Morgan fingerprint density at radius 2 is 2.13 bits per heavy atom. The number of unbranched alkanes of at least 4 members (excludes halogenated alkanes) is 1. The number of nitrogens with one attached hydrogen (secondary N) is 1. The van der Waals surface area contributed by atoms with Crippen molar-refractivity contribution in [2.45, 2.75) is 39.8 Å². The Morgan fingerprint density at radius 3 is 2.90 bits per heavy atom. The Labute approximate surface area is 181 Å². The molecule has 0 aliphatic carbocycles. The zero-order chi connectivity index (χ0) is 21.3. The second-order valence-corrected chi connectivity index (χ2v) is 7.19. The molecular formula is C22H26ClN5O2. The molecule has 3 rings (SSSR count). The van der Waals surface area contributed by atoms with Crippen molar-refractivity contribution in [3.05, 3.63) is 65.5 Å². The van der Waals surface area contributed by atoms with Crippen LogP contribution in [0.5, 0.6) is 5.75 Å². The summed E-state index contributed by atoms with van der Waals surface area (Å²) in [5.74, 6) is 0.346. The summed E-state index contributed by atoms with van der Waals surface area (Å²) >= 11 is 6.42. The van der Waals surface area contributed by atoms with Gasteiger partial charge in [-0.15, -0.1) is 0 Å². The molecule has 0 atom stereocenters. The van der Waals surface area contributed by atoms with Crippen LogP contribution in [0.15, 0.2) is 49.1 Å². The summed E-state index contributed by atoms with van der Waals surface area (Å²) in [5, 5.41) is 7.87. The molecule has 0 fully saturated rings.